The molecule has 1 heterocycles. The molecule has 9 nitrogen and oxygen atoms in total. The van der Waals surface area contributed by atoms with E-state index in [0.29, 0.717) is 20.7 Å². The van der Waals surface area contributed by atoms with Gasteiger partial charge >= 0.3 is 0 Å². The van der Waals surface area contributed by atoms with Crippen molar-refractivity contribution in [2.45, 2.75) is 4.90 Å². The molecule has 0 fully saturated rings. The van der Waals surface area contributed by atoms with E-state index in [2.05, 4.69) is 4.98 Å². The molecule has 1 amide bonds. The number of thioether (sulfide) groups is 1. The van der Waals surface area contributed by atoms with Crippen LogP contribution in [0.2, 0.25) is 0 Å². The van der Waals surface area contributed by atoms with E-state index in [9.17, 15) is 13.2 Å². The number of nitrogens with zero attached hydrogens (tertiary/aromatic N) is 2. The Morgan fingerprint density at radius 1 is 1.03 bits per heavy atom. The maximum Gasteiger partial charge on any atom is 0.251 e. The molecule has 2 rings (SSSR count). The lowest BCUT2D eigenvalue weighted by atomic mass is 10.3. The monoisotopic (exact) mass is 442 g/mol. The average Bonchev–Trinajstić information content (AvgIpc) is 2.71. The number of hydrogen-bond donors (Lipinski definition) is 0. The summed E-state index contributed by atoms with van der Waals surface area (Å²) in [4.78, 5) is 17.6. The van der Waals surface area contributed by atoms with E-state index in [4.69, 9.17) is 18.9 Å². The maximum absolute atomic E-state index is 12.9. The van der Waals surface area contributed by atoms with Crippen molar-refractivity contribution in [1.29, 1.82) is 0 Å². The van der Waals surface area contributed by atoms with E-state index in [-0.39, 0.29) is 23.2 Å². The van der Waals surface area contributed by atoms with Gasteiger partial charge in [0, 0.05) is 6.07 Å². The fourth-order valence-corrected chi connectivity index (χ4v) is 4.34. The Morgan fingerprint density at radius 3 is 2.31 bits per heavy atom. The highest BCUT2D eigenvalue weighted by Crippen LogP contribution is 2.35. The summed E-state index contributed by atoms with van der Waals surface area (Å²) in [6, 6.07) is 7.98. The van der Waals surface area contributed by atoms with Crippen LogP contribution in [0.1, 0.15) is 0 Å². The Balaban J connectivity index is 2.35. The van der Waals surface area contributed by atoms with E-state index in [1.165, 1.54) is 40.6 Å². The Bertz CT molecular complexity index is 980. The van der Waals surface area contributed by atoms with Crippen LogP contribution in [0.3, 0.4) is 0 Å². The molecule has 0 atom stereocenters. The van der Waals surface area contributed by atoms with Gasteiger partial charge in [-0.2, -0.15) is 4.98 Å². The number of aromatic nitrogens is 1. The first kappa shape index (κ1) is 22.6. The molecule has 0 aliphatic rings. The van der Waals surface area contributed by atoms with Crippen molar-refractivity contribution in [1.82, 2.24) is 4.98 Å². The highest BCUT2D eigenvalue weighted by atomic mass is 32.2. The first-order chi connectivity index (χ1) is 13.7. The number of benzene rings is 1. The predicted molar refractivity (Wildman–Crippen MR) is 110 cm³/mol. The topological polar surface area (TPSA) is 104 Å². The molecular formula is C18H22N2O7S2. The number of amides is 1. The summed E-state index contributed by atoms with van der Waals surface area (Å²) >= 11 is 1.12. The molecule has 0 unspecified atom stereocenters. The lowest BCUT2D eigenvalue weighted by Crippen LogP contribution is -2.37. The van der Waals surface area contributed by atoms with Crippen LogP contribution >= 0.6 is 11.8 Å². The Labute approximate surface area is 174 Å². The number of rotatable bonds is 9. The summed E-state index contributed by atoms with van der Waals surface area (Å²) in [6.45, 7) is 0. The first-order valence-electron chi connectivity index (χ1n) is 8.22. The second kappa shape index (κ2) is 9.70. The number of carbonyl (C=O) groups is 1. The molecule has 0 spiro atoms. The maximum atomic E-state index is 12.9. The van der Waals surface area contributed by atoms with Gasteiger partial charge in [0.15, 0.2) is 0 Å². The predicted octanol–water partition coefficient (Wildman–Crippen LogP) is 2.20. The number of pyridine rings is 1. The normalized spacial score (nSPS) is 10.9. The molecule has 0 aliphatic heterocycles. The smallest absolute Gasteiger partial charge is 0.251 e. The molecule has 0 saturated heterocycles. The van der Waals surface area contributed by atoms with Crippen LogP contribution in [0.25, 0.3) is 0 Å². The molecule has 0 N–H and O–H groups in total. The summed E-state index contributed by atoms with van der Waals surface area (Å²) in [5, 5.41) is 0. The van der Waals surface area contributed by atoms with E-state index in [0.717, 1.165) is 18.0 Å². The number of methoxy groups -OCH3 is 4. The van der Waals surface area contributed by atoms with Gasteiger partial charge < -0.3 is 18.9 Å². The molecule has 158 valence electrons. The first-order valence-corrected chi connectivity index (χ1v) is 11.1. The van der Waals surface area contributed by atoms with Crippen LogP contribution in [0.5, 0.6) is 23.3 Å². The Kier molecular flexibility index (Phi) is 7.57. The van der Waals surface area contributed by atoms with E-state index >= 15 is 0 Å². The largest absolute Gasteiger partial charge is 0.497 e. The van der Waals surface area contributed by atoms with Gasteiger partial charge in [-0.05, 0) is 24.3 Å². The zero-order valence-electron chi connectivity index (χ0n) is 16.7. The lowest BCUT2D eigenvalue weighted by molar-refractivity contribution is -0.115. The standard InChI is InChI=1S/C18H22N2O7S2/c1-24-12-6-8-14(25-2)15(10-12)28-11-17(21)20(29(5,22)23)13-7-9-16(26-3)19-18(13)27-4/h6-10H,11H2,1-5H3. The van der Waals surface area contributed by atoms with E-state index < -0.39 is 15.9 Å². The Morgan fingerprint density at radius 2 is 1.76 bits per heavy atom. The van der Waals surface area contributed by atoms with Gasteiger partial charge in [-0.1, -0.05) is 0 Å². The third kappa shape index (κ3) is 5.45. The minimum Gasteiger partial charge on any atom is -0.497 e. The van der Waals surface area contributed by atoms with Gasteiger partial charge in [0.2, 0.25) is 21.8 Å². The molecule has 0 aliphatic carbocycles. The Hall–Kier alpha value is -2.66. The van der Waals surface area contributed by atoms with Crippen LogP contribution in [0.4, 0.5) is 5.69 Å². The zero-order chi connectivity index (χ0) is 21.6. The van der Waals surface area contributed by atoms with Crippen molar-refractivity contribution in [2.75, 3.05) is 44.8 Å². The van der Waals surface area contributed by atoms with Crippen LogP contribution in [0.15, 0.2) is 35.2 Å². The summed E-state index contributed by atoms with van der Waals surface area (Å²) in [5.74, 6) is 0.452. The molecular weight excluding hydrogens is 420 g/mol. The van der Waals surface area contributed by atoms with Gasteiger partial charge in [0.05, 0.1) is 45.3 Å². The lowest BCUT2D eigenvalue weighted by Gasteiger charge is -2.22. The van der Waals surface area contributed by atoms with Crippen LogP contribution < -0.4 is 23.3 Å². The number of anilines is 1. The minimum atomic E-state index is -3.95. The van der Waals surface area contributed by atoms with Crippen molar-refractivity contribution < 1.29 is 32.2 Å². The fourth-order valence-electron chi connectivity index (χ4n) is 2.43. The van der Waals surface area contributed by atoms with Crippen molar-refractivity contribution >= 4 is 33.4 Å². The molecule has 11 heteroatoms. The van der Waals surface area contributed by atoms with Gasteiger partial charge in [0.25, 0.3) is 5.91 Å². The van der Waals surface area contributed by atoms with Crippen LogP contribution in [-0.4, -0.2) is 59.8 Å². The number of hydrogen-bond acceptors (Lipinski definition) is 9. The molecule has 29 heavy (non-hydrogen) atoms. The van der Waals surface area contributed by atoms with Gasteiger partial charge in [-0.3, -0.25) is 4.79 Å². The van der Waals surface area contributed by atoms with Gasteiger partial charge in [-0.15, -0.1) is 11.8 Å². The van der Waals surface area contributed by atoms with Crippen LogP contribution in [0, 0.1) is 0 Å². The number of carbonyl (C=O) groups excluding carboxylic acids is 1. The fraction of sp³-hybridized carbons (Fsp3) is 0.333. The minimum absolute atomic E-state index is 0.000919. The van der Waals surface area contributed by atoms with Crippen molar-refractivity contribution in [3.05, 3.63) is 30.3 Å². The van der Waals surface area contributed by atoms with Crippen molar-refractivity contribution in [3.63, 3.8) is 0 Å². The second-order valence-corrected chi connectivity index (χ2v) is 8.46. The SMILES string of the molecule is COc1ccc(OC)c(SCC(=O)N(c2ccc(OC)nc2OC)S(C)(=O)=O)c1. The van der Waals surface area contributed by atoms with E-state index in [1.54, 1.807) is 18.2 Å². The van der Waals surface area contributed by atoms with E-state index in [1.807, 2.05) is 0 Å². The molecule has 0 radical (unpaired) electrons. The van der Waals surface area contributed by atoms with Crippen molar-refractivity contribution in [3.8, 4) is 23.3 Å². The molecule has 0 saturated carbocycles. The summed E-state index contributed by atoms with van der Waals surface area (Å²) in [7, 11) is 1.82. The highest BCUT2D eigenvalue weighted by Gasteiger charge is 2.29. The summed E-state index contributed by atoms with van der Waals surface area (Å²) in [5.41, 5.74) is -0.000919. The molecule has 1 aromatic heterocycles. The van der Waals surface area contributed by atoms with Crippen molar-refractivity contribution in [2.24, 2.45) is 0 Å². The number of ether oxygens (including phenoxy) is 4. The second-order valence-electron chi connectivity index (χ2n) is 5.61. The molecule has 0 bridgehead atoms. The zero-order valence-corrected chi connectivity index (χ0v) is 18.3. The summed E-state index contributed by atoms with van der Waals surface area (Å²) < 4.78 is 46.0. The number of sulfonamides is 1. The third-order valence-corrected chi connectivity index (χ3v) is 5.80. The van der Waals surface area contributed by atoms with Gasteiger partial charge in [0.1, 0.15) is 17.2 Å². The molecule has 2 aromatic rings. The van der Waals surface area contributed by atoms with Gasteiger partial charge in [-0.25, -0.2) is 12.7 Å². The quantitative estimate of drug-likeness (QED) is 0.541. The average molecular weight is 443 g/mol. The third-order valence-electron chi connectivity index (χ3n) is 3.72. The van der Waals surface area contributed by atoms with Crippen LogP contribution in [-0.2, 0) is 14.8 Å². The highest BCUT2D eigenvalue weighted by molar-refractivity contribution is 8.00. The summed E-state index contributed by atoms with van der Waals surface area (Å²) in [6.07, 6.45) is 0.936. The molecule has 1 aromatic carbocycles.